The van der Waals surface area contributed by atoms with Gasteiger partial charge in [0.05, 0.1) is 47.8 Å². The third kappa shape index (κ3) is 4.58. The zero-order chi connectivity index (χ0) is 24.4. The number of amides is 1. The lowest BCUT2D eigenvalue weighted by Crippen LogP contribution is -2.25. The summed E-state index contributed by atoms with van der Waals surface area (Å²) in [7, 11) is 1.27. The second-order valence-electron chi connectivity index (χ2n) is 7.46. The average molecular weight is 493 g/mol. The number of fused-ring (bicyclic) bond motifs is 2. The van der Waals surface area contributed by atoms with Crippen molar-refractivity contribution in [2.45, 2.75) is 11.7 Å². The van der Waals surface area contributed by atoms with Crippen LogP contribution in [0.3, 0.4) is 0 Å². The van der Waals surface area contributed by atoms with Crippen molar-refractivity contribution in [2.24, 2.45) is 0 Å². The lowest BCUT2D eigenvalue weighted by atomic mass is 10.2. The molecule has 0 bridgehead atoms. The minimum atomic E-state index is -0.559. The third-order valence-corrected chi connectivity index (χ3v) is 6.22. The number of nitrogens with one attached hydrogen (secondary N) is 1. The molecule has 2 aromatic heterocycles. The summed E-state index contributed by atoms with van der Waals surface area (Å²) >= 11 is 1.09. The Morgan fingerprint density at radius 1 is 1.14 bits per heavy atom. The van der Waals surface area contributed by atoms with Crippen molar-refractivity contribution < 1.29 is 28.2 Å². The zero-order valence-electron chi connectivity index (χ0n) is 18.5. The molecule has 0 fully saturated rings. The summed E-state index contributed by atoms with van der Waals surface area (Å²) in [5.41, 5.74) is 0.692. The van der Waals surface area contributed by atoms with Crippen LogP contribution < -0.4 is 20.3 Å². The molecule has 1 amide bonds. The summed E-state index contributed by atoms with van der Waals surface area (Å²) in [4.78, 5) is 42.7. The SMILES string of the molecule is COC(=O)c1ccccc1NC(=O)CSc1nc2cc3c(cc2c(=O)n1Cc1ccco1)OCO3. The van der Waals surface area contributed by atoms with Gasteiger partial charge in [0.25, 0.3) is 5.56 Å². The Hall–Kier alpha value is -4.25. The van der Waals surface area contributed by atoms with Crippen LogP contribution in [0.15, 0.2) is 69.2 Å². The quantitative estimate of drug-likeness (QED) is 0.235. The van der Waals surface area contributed by atoms with Gasteiger partial charge in [-0.3, -0.25) is 14.2 Å². The van der Waals surface area contributed by atoms with E-state index in [0.29, 0.717) is 39.0 Å². The molecule has 10 nitrogen and oxygen atoms in total. The molecular weight excluding hydrogens is 474 g/mol. The Bertz CT molecular complexity index is 1480. The lowest BCUT2D eigenvalue weighted by Gasteiger charge is -2.13. The number of carbonyl (C=O) groups is 2. The van der Waals surface area contributed by atoms with Crippen molar-refractivity contribution in [3.8, 4) is 11.5 Å². The molecule has 0 unspecified atom stereocenters. The van der Waals surface area contributed by atoms with E-state index in [4.69, 9.17) is 18.6 Å². The maximum Gasteiger partial charge on any atom is 0.339 e. The molecule has 3 heterocycles. The molecule has 178 valence electrons. The maximum atomic E-state index is 13.4. The molecule has 4 aromatic rings. The lowest BCUT2D eigenvalue weighted by molar-refractivity contribution is -0.113. The monoisotopic (exact) mass is 493 g/mol. The Balaban J connectivity index is 1.44. The van der Waals surface area contributed by atoms with Gasteiger partial charge in [-0.1, -0.05) is 23.9 Å². The van der Waals surface area contributed by atoms with E-state index < -0.39 is 5.97 Å². The largest absolute Gasteiger partial charge is 0.467 e. The molecule has 1 aliphatic heterocycles. The molecule has 0 radical (unpaired) electrons. The first-order valence-corrected chi connectivity index (χ1v) is 11.5. The first-order valence-electron chi connectivity index (χ1n) is 10.5. The van der Waals surface area contributed by atoms with Crippen molar-refractivity contribution in [3.63, 3.8) is 0 Å². The second kappa shape index (κ2) is 9.55. The van der Waals surface area contributed by atoms with E-state index in [2.05, 4.69) is 10.3 Å². The van der Waals surface area contributed by atoms with Crippen LogP contribution in [0.1, 0.15) is 16.1 Å². The summed E-state index contributed by atoms with van der Waals surface area (Å²) in [5, 5.41) is 3.41. The van der Waals surface area contributed by atoms with Crippen molar-refractivity contribution in [1.29, 1.82) is 0 Å². The minimum absolute atomic E-state index is 0.0594. The van der Waals surface area contributed by atoms with Crippen LogP contribution in [0.5, 0.6) is 11.5 Å². The summed E-state index contributed by atoms with van der Waals surface area (Å²) < 4.78 is 22.4. The predicted molar refractivity (Wildman–Crippen MR) is 127 cm³/mol. The number of ether oxygens (including phenoxy) is 3. The fourth-order valence-electron chi connectivity index (χ4n) is 3.60. The number of aromatic nitrogens is 2. The van der Waals surface area contributed by atoms with Gasteiger partial charge in [-0.05, 0) is 30.3 Å². The molecule has 0 saturated heterocycles. The highest BCUT2D eigenvalue weighted by Crippen LogP contribution is 2.35. The summed E-state index contributed by atoms with van der Waals surface area (Å²) in [6.07, 6.45) is 1.52. The average Bonchev–Trinajstić information content (AvgIpc) is 3.55. The zero-order valence-corrected chi connectivity index (χ0v) is 19.3. The number of benzene rings is 2. The van der Waals surface area contributed by atoms with Crippen LogP contribution in [-0.2, 0) is 16.1 Å². The van der Waals surface area contributed by atoms with Gasteiger partial charge in [-0.15, -0.1) is 0 Å². The predicted octanol–water partition coefficient (Wildman–Crippen LogP) is 3.28. The second-order valence-corrected chi connectivity index (χ2v) is 8.40. The van der Waals surface area contributed by atoms with Crippen molar-refractivity contribution in [2.75, 3.05) is 25.0 Å². The number of esters is 1. The number of para-hydroxylation sites is 1. The van der Waals surface area contributed by atoms with Crippen molar-refractivity contribution in [1.82, 2.24) is 9.55 Å². The molecule has 0 spiro atoms. The summed E-state index contributed by atoms with van der Waals surface area (Å²) in [6, 6.07) is 13.3. The van der Waals surface area contributed by atoms with E-state index in [-0.39, 0.29) is 36.1 Å². The Morgan fingerprint density at radius 3 is 2.71 bits per heavy atom. The van der Waals surface area contributed by atoms with Crippen LogP contribution in [0, 0.1) is 0 Å². The molecule has 11 heteroatoms. The Kier molecular flexibility index (Phi) is 6.15. The highest BCUT2D eigenvalue weighted by Gasteiger charge is 2.21. The Morgan fingerprint density at radius 2 is 1.94 bits per heavy atom. The van der Waals surface area contributed by atoms with Gasteiger partial charge in [0.15, 0.2) is 16.7 Å². The molecule has 0 atom stereocenters. The van der Waals surface area contributed by atoms with Crippen LogP contribution in [0.25, 0.3) is 10.9 Å². The minimum Gasteiger partial charge on any atom is -0.467 e. The fraction of sp³-hybridized carbons (Fsp3) is 0.167. The number of thioether (sulfide) groups is 1. The standard InChI is InChI=1S/C24H19N3O7S/c1-31-23(30)15-6-2-3-7-17(15)25-21(28)12-35-24-26-18-10-20-19(33-13-34-20)9-16(18)22(29)27(24)11-14-5-4-8-32-14/h2-10H,11-13H2,1H3,(H,25,28). The fourth-order valence-corrected chi connectivity index (χ4v) is 4.39. The summed E-state index contributed by atoms with van der Waals surface area (Å²) in [6.45, 7) is 0.208. The van der Waals surface area contributed by atoms with E-state index in [1.165, 1.54) is 17.9 Å². The van der Waals surface area contributed by atoms with Crippen LogP contribution in [-0.4, -0.2) is 41.1 Å². The molecule has 2 aromatic carbocycles. The van der Waals surface area contributed by atoms with Crippen LogP contribution in [0.4, 0.5) is 5.69 Å². The van der Waals surface area contributed by atoms with Gasteiger partial charge in [0, 0.05) is 6.07 Å². The van der Waals surface area contributed by atoms with Crippen molar-refractivity contribution in [3.05, 3.63) is 76.5 Å². The van der Waals surface area contributed by atoms with Gasteiger partial charge >= 0.3 is 5.97 Å². The number of hydrogen-bond donors (Lipinski definition) is 1. The number of methoxy groups -OCH3 is 1. The van der Waals surface area contributed by atoms with Crippen molar-refractivity contribution >= 4 is 40.2 Å². The number of anilines is 1. The number of carbonyl (C=O) groups excluding carboxylic acids is 2. The molecular formula is C24H19N3O7S. The van der Waals surface area contributed by atoms with Gasteiger partial charge in [-0.2, -0.15) is 0 Å². The molecule has 1 aliphatic rings. The van der Waals surface area contributed by atoms with E-state index in [0.717, 1.165) is 11.8 Å². The number of furan rings is 1. The first-order chi connectivity index (χ1) is 17.0. The molecule has 0 aliphatic carbocycles. The van der Waals surface area contributed by atoms with E-state index in [9.17, 15) is 14.4 Å². The number of nitrogens with zero attached hydrogens (tertiary/aromatic N) is 2. The third-order valence-electron chi connectivity index (χ3n) is 5.25. The summed E-state index contributed by atoms with van der Waals surface area (Å²) in [5.74, 6) is 0.543. The van der Waals surface area contributed by atoms with E-state index in [1.807, 2.05) is 0 Å². The van der Waals surface area contributed by atoms with Gasteiger partial charge in [0.1, 0.15) is 5.76 Å². The molecule has 35 heavy (non-hydrogen) atoms. The van der Waals surface area contributed by atoms with Gasteiger partial charge in [-0.25, -0.2) is 9.78 Å². The normalized spacial score (nSPS) is 12.0. The highest BCUT2D eigenvalue weighted by molar-refractivity contribution is 7.99. The van der Waals surface area contributed by atoms with Crippen LogP contribution in [0.2, 0.25) is 0 Å². The smallest absolute Gasteiger partial charge is 0.339 e. The van der Waals surface area contributed by atoms with E-state index in [1.54, 1.807) is 48.5 Å². The number of rotatable bonds is 7. The molecule has 1 N–H and O–H groups in total. The number of hydrogen-bond acceptors (Lipinski definition) is 9. The topological polar surface area (TPSA) is 122 Å². The Labute approximate surface area is 202 Å². The molecule has 0 saturated carbocycles. The molecule has 5 rings (SSSR count). The highest BCUT2D eigenvalue weighted by atomic mass is 32.2. The van der Waals surface area contributed by atoms with E-state index >= 15 is 0 Å². The van der Waals surface area contributed by atoms with Gasteiger partial charge < -0.3 is 23.9 Å². The maximum absolute atomic E-state index is 13.4. The first kappa shape index (κ1) is 22.5. The van der Waals surface area contributed by atoms with Crippen LogP contribution >= 0.6 is 11.8 Å². The van der Waals surface area contributed by atoms with Gasteiger partial charge in [0.2, 0.25) is 12.7 Å².